The van der Waals surface area contributed by atoms with E-state index in [0.717, 1.165) is 23.5 Å². The molecular weight excluding hydrogens is 644 g/mol. The molecule has 0 radical (unpaired) electrons. The third-order valence-corrected chi connectivity index (χ3v) is 9.89. The van der Waals surface area contributed by atoms with Crippen molar-refractivity contribution < 1.29 is 23.0 Å². The Balaban J connectivity index is 2.67. The van der Waals surface area contributed by atoms with Crippen LogP contribution in [0.1, 0.15) is 45.9 Å². The Morgan fingerprint density at radius 3 is 2.45 bits per heavy atom. The van der Waals surface area contributed by atoms with E-state index in [1.54, 1.807) is 50.0 Å². The molecule has 1 heterocycles. The van der Waals surface area contributed by atoms with E-state index in [2.05, 4.69) is 45.9 Å². The summed E-state index contributed by atoms with van der Waals surface area (Å²) < 4.78 is 45.2. The third kappa shape index (κ3) is 10.1. The Labute approximate surface area is 263 Å². The number of nitrogens with zero attached hydrogens (tertiary/aromatic N) is 5. The van der Waals surface area contributed by atoms with Crippen molar-refractivity contribution in [2.24, 2.45) is 16.8 Å². The Morgan fingerprint density at radius 2 is 1.93 bits per heavy atom. The standard InChI is InChI=1S/C29H46BrF2N5O3SSi/c1-20(17-37-21(2)16-33-35-37)22(3)29(18-31,24-15-23(30)11-12-25(24)32)34-26(41-7)36(27(38)40-28(4,5)6)19-39-13-14-42(8,9)10/h11-12,15-16,20,22H,13-14,17-19H2,1-10H3/b34-26-/t20-,22+,29-/m0/s1. The molecule has 13 heteroatoms. The van der Waals surface area contributed by atoms with E-state index >= 15 is 8.78 Å². The molecule has 0 aliphatic rings. The van der Waals surface area contributed by atoms with Crippen LogP contribution in [-0.2, 0) is 21.6 Å². The number of thioether (sulfide) groups is 1. The van der Waals surface area contributed by atoms with Gasteiger partial charge in [-0.3, -0.25) is 0 Å². The van der Waals surface area contributed by atoms with Crippen LogP contribution in [0.25, 0.3) is 0 Å². The van der Waals surface area contributed by atoms with Crippen molar-refractivity contribution in [3.8, 4) is 0 Å². The SMILES string of the molecule is CS/C(=N\[C@](CF)(c1cc(Br)ccc1F)[C@H](C)[C@@H](C)Cn1nncc1C)N(COCC[Si](C)(C)C)C(=O)OC(C)(C)C. The fourth-order valence-electron chi connectivity index (χ4n) is 4.28. The smallest absolute Gasteiger partial charge is 0.418 e. The molecule has 1 aromatic heterocycles. The van der Waals surface area contributed by atoms with Crippen LogP contribution in [0.3, 0.4) is 0 Å². The first-order valence-corrected chi connectivity index (χ1v) is 19.7. The molecule has 42 heavy (non-hydrogen) atoms. The molecule has 0 saturated carbocycles. The van der Waals surface area contributed by atoms with Crippen molar-refractivity contribution in [1.82, 2.24) is 19.9 Å². The second-order valence-electron chi connectivity index (χ2n) is 12.9. The average molecular weight is 691 g/mol. The van der Waals surface area contributed by atoms with Crippen molar-refractivity contribution in [2.45, 2.75) is 84.9 Å². The summed E-state index contributed by atoms with van der Waals surface area (Å²) in [6.07, 6.45) is 2.72. The number of alkyl halides is 1. The number of aromatic nitrogens is 3. The summed E-state index contributed by atoms with van der Waals surface area (Å²) in [6, 6.07) is 5.31. The monoisotopic (exact) mass is 689 g/mol. The van der Waals surface area contributed by atoms with Crippen LogP contribution >= 0.6 is 27.7 Å². The number of ether oxygens (including phenoxy) is 2. The molecule has 0 fully saturated rings. The zero-order chi connectivity index (χ0) is 31.9. The Hall–Kier alpha value is -1.83. The zero-order valence-electron chi connectivity index (χ0n) is 26.5. The van der Waals surface area contributed by atoms with Gasteiger partial charge in [-0.05, 0) is 70.0 Å². The van der Waals surface area contributed by atoms with E-state index in [-0.39, 0.29) is 23.4 Å². The number of halogens is 3. The molecule has 2 rings (SSSR count). The topological polar surface area (TPSA) is 81.8 Å². The fourth-order valence-corrected chi connectivity index (χ4v) is 5.99. The quantitative estimate of drug-likeness (QED) is 0.0741. The van der Waals surface area contributed by atoms with Crippen LogP contribution in [0.4, 0.5) is 13.6 Å². The van der Waals surface area contributed by atoms with Gasteiger partial charge >= 0.3 is 6.09 Å². The highest BCUT2D eigenvalue weighted by molar-refractivity contribution is 9.10. The summed E-state index contributed by atoms with van der Waals surface area (Å²) >= 11 is 4.58. The van der Waals surface area contributed by atoms with Gasteiger partial charge in [0.1, 0.15) is 30.4 Å². The van der Waals surface area contributed by atoms with E-state index in [0.29, 0.717) is 17.6 Å². The van der Waals surface area contributed by atoms with Crippen LogP contribution in [0.5, 0.6) is 0 Å². The third-order valence-electron chi connectivity index (χ3n) is 7.02. The van der Waals surface area contributed by atoms with Crippen molar-refractivity contribution in [2.75, 3.05) is 26.3 Å². The summed E-state index contributed by atoms with van der Waals surface area (Å²) in [5.74, 6) is -1.34. The van der Waals surface area contributed by atoms with Crippen LogP contribution < -0.4 is 0 Å². The van der Waals surface area contributed by atoms with Gasteiger partial charge in [0.05, 0.1) is 11.9 Å². The molecule has 0 bridgehead atoms. The maximum absolute atomic E-state index is 15.7. The molecule has 0 saturated heterocycles. The predicted molar refractivity (Wildman–Crippen MR) is 173 cm³/mol. The minimum atomic E-state index is -1.68. The lowest BCUT2D eigenvalue weighted by Gasteiger charge is -2.39. The largest absolute Gasteiger partial charge is 0.443 e. The number of amides is 1. The molecule has 0 unspecified atom stereocenters. The average Bonchev–Trinajstić information content (AvgIpc) is 3.29. The first kappa shape index (κ1) is 36.4. The second kappa shape index (κ2) is 15.2. The molecule has 1 amide bonds. The Morgan fingerprint density at radius 1 is 1.26 bits per heavy atom. The summed E-state index contributed by atoms with van der Waals surface area (Å²) in [5.41, 5.74) is -1.53. The molecule has 3 atom stereocenters. The van der Waals surface area contributed by atoms with Crippen LogP contribution in [0.15, 0.2) is 33.9 Å². The Bertz CT molecular complexity index is 1220. The van der Waals surface area contributed by atoms with E-state index < -0.39 is 43.7 Å². The minimum absolute atomic E-state index is 0.0874. The highest BCUT2D eigenvalue weighted by atomic mass is 79.9. The van der Waals surface area contributed by atoms with Gasteiger partial charge in [-0.25, -0.2) is 28.1 Å². The number of carbonyl (C=O) groups is 1. The van der Waals surface area contributed by atoms with Gasteiger partial charge < -0.3 is 9.47 Å². The van der Waals surface area contributed by atoms with E-state index in [4.69, 9.17) is 14.5 Å². The highest BCUT2D eigenvalue weighted by Crippen LogP contribution is 2.42. The summed E-state index contributed by atoms with van der Waals surface area (Å²) in [6.45, 7) is 17.4. The molecule has 0 aliphatic heterocycles. The lowest BCUT2D eigenvalue weighted by atomic mass is 9.74. The highest BCUT2D eigenvalue weighted by Gasteiger charge is 2.44. The number of hydrogen-bond acceptors (Lipinski definition) is 7. The van der Waals surface area contributed by atoms with E-state index in [1.165, 1.54) is 11.0 Å². The minimum Gasteiger partial charge on any atom is -0.443 e. The lowest BCUT2D eigenvalue weighted by molar-refractivity contribution is 0.0108. The van der Waals surface area contributed by atoms with Crippen molar-refractivity contribution in [1.29, 1.82) is 0 Å². The number of benzene rings is 1. The predicted octanol–water partition coefficient (Wildman–Crippen LogP) is 7.89. The van der Waals surface area contributed by atoms with E-state index in [1.807, 2.05) is 20.8 Å². The molecule has 2 aromatic rings. The number of carbonyl (C=O) groups excluding carboxylic acids is 1. The van der Waals surface area contributed by atoms with Gasteiger partial charge in [-0.15, -0.1) is 5.10 Å². The molecule has 8 nitrogen and oxygen atoms in total. The van der Waals surface area contributed by atoms with Crippen LogP contribution in [-0.4, -0.2) is 71.1 Å². The first-order chi connectivity index (χ1) is 19.4. The summed E-state index contributed by atoms with van der Waals surface area (Å²) in [7, 11) is -1.39. The van der Waals surface area contributed by atoms with Crippen LogP contribution in [0, 0.1) is 24.6 Å². The van der Waals surface area contributed by atoms with Gasteiger partial charge in [0, 0.05) is 31.3 Å². The molecular formula is C29H46BrF2N5O3SSi. The molecule has 0 spiro atoms. The molecule has 0 N–H and O–H groups in total. The zero-order valence-corrected chi connectivity index (χ0v) is 29.9. The number of amidine groups is 1. The number of aryl methyl sites for hydroxylation is 1. The van der Waals surface area contributed by atoms with Gasteiger partial charge in [0.2, 0.25) is 0 Å². The van der Waals surface area contributed by atoms with E-state index in [9.17, 15) is 4.79 Å². The Kier molecular flexibility index (Phi) is 13.2. The molecule has 1 aromatic carbocycles. The lowest BCUT2D eigenvalue weighted by Crippen LogP contribution is -2.45. The van der Waals surface area contributed by atoms with Gasteiger partial charge in [0.25, 0.3) is 0 Å². The molecule has 236 valence electrons. The van der Waals surface area contributed by atoms with Crippen molar-refractivity contribution in [3.05, 3.63) is 45.9 Å². The summed E-state index contributed by atoms with van der Waals surface area (Å²) in [5, 5.41) is 8.27. The number of aliphatic imine (C=N–C) groups is 1. The normalized spacial score (nSPS) is 15.7. The fraction of sp³-hybridized carbons (Fsp3) is 0.655. The number of rotatable bonds is 12. The van der Waals surface area contributed by atoms with Crippen molar-refractivity contribution >= 4 is 47.0 Å². The van der Waals surface area contributed by atoms with Crippen molar-refractivity contribution in [3.63, 3.8) is 0 Å². The summed E-state index contributed by atoms with van der Waals surface area (Å²) in [4.78, 5) is 19.7. The maximum Gasteiger partial charge on any atom is 0.418 e. The number of hydrogen-bond donors (Lipinski definition) is 0. The maximum atomic E-state index is 15.7. The second-order valence-corrected chi connectivity index (χ2v) is 20.2. The molecule has 0 aliphatic carbocycles. The van der Waals surface area contributed by atoms with Gasteiger partial charge in [-0.1, -0.05) is 66.4 Å². The van der Waals surface area contributed by atoms with Gasteiger partial charge in [0.15, 0.2) is 5.17 Å². The van der Waals surface area contributed by atoms with Gasteiger partial charge in [-0.2, -0.15) is 0 Å². The van der Waals surface area contributed by atoms with Crippen LogP contribution in [0.2, 0.25) is 25.7 Å². The first-order valence-electron chi connectivity index (χ1n) is 14.0.